The summed E-state index contributed by atoms with van der Waals surface area (Å²) < 4.78 is 27.7. The molecule has 6 heteroatoms. The molecule has 1 aliphatic carbocycles. The Morgan fingerprint density at radius 3 is 2.38 bits per heavy atom. The highest BCUT2D eigenvalue weighted by Gasteiger charge is 2.27. The van der Waals surface area contributed by atoms with Crippen molar-refractivity contribution in [2.24, 2.45) is 0 Å². The molecule has 0 saturated carbocycles. The third kappa shape index (κ3) is 4.56. The van der Waals surface area contributed by atoms with Gasteiger partial charge in [0, 0.05) is 0 Å². The molecule has 0 aromatic carbocycles. The molecule has 94 valence electrons. The normalized spacial score (nSPS) is 25.2. The summed E-state index contributed by atoms with van der Waals surface area (Å²) in [7, 11) is -3.09. The van der Waals surface area contributed by atoms with E-state index in [4.69, 9.17) is 25.4 Å². The molecule has 0 aromatic heterocycles. The third-order valence-corrected chi connectivity index (χ3v) is 4.18. The first-order chi connectivity index (χ1) is 7.59. The summed E-state index contributed by atoms with van der Waals surface area (Å²) in [5.74, 6) is 0. The number of halogens is 1. The maximum absolute atomic E-state index is 12.0. The largest absolute Gasteiger partial charge is 0.361 e. The predicted molar refractivity (Wildman–Crippen MR) is 64.0 cm³/mol. The van der Waals surface area contributed by atoms with Crippen molar-refractivity contribution in [1.29, 1.82) is 0 Å². The second kappa shape index (κ2) is 6.77. The Bertz CT molecular complexity index is 272. The Morgan fingerprint density at radius 2 is 1.94 bits per heavy atom. The van der Waals surface area contributed by atoms with Crippen LogP contribution in [0.2, 0.25) is 0 Å². The molecule has 0 radical (unpaired) electrons. The van der Waals surface area contributed by atoms with Gasteiger partial charge >= 0.3 is 7.60 Å². The van der Waals surface area contributed by atoms with Crippen LogP contribution in [0, 0.1) is 0 Å². The van der Waals surface area contributed by atoms with Crippen molar-refractivity contribution in [3.05, 3.63) is 12.2 Å². The van der Waals surface area contributed by atoms with Gasteiger partial charge in [-0.2, -0.15) is 0 Å². The van der Waals surface area contributed by atoms with Crippen LogP contribution in [-0.4, -0.2) is 31.0 Å². The molecule has 0 heterocycles. The Kier molecular flexibility index (Phi) is 6.01. The summed E-state index contributed by atoms with van der Waals surface area (Å²) in [6, 6.07) is 0. The van der Waals surface area contributed by atoms with Crippen LogP contribution in [0.4, 0.5) is 0 Å². The zero-order valence-electron chi connectivity index (χ0n) is 9.60. The topological polar surface area (TPSA) is 44.8 Å². The highest BCUT2D eigenvalue weighted by molar-refractivity contribution is 7.53. The molecule has 0 aromatic rings. The second-order valence-electron chi connectivity index (χ2n) is 3.42. The quantitative estimate of drug-likeness (QED) is 0.404. The average Bonchev–Trinajstić information content (AvgIpc) is 2.62. The number of rotatable bonds is 7. The van der Waals surface area contributed by atoms with Crippen LogP contribution in [-0.2, 0) is 18.3 Å². The minimum Gasteiger partial charge on any atom is -0.361 e. The monoisotopic (exact) mass is 268 g/mol. The van der Waals surface area contributed by atoms with Crippen LogP contribution in [0.25, 0.3) is 0 Å². The fourth-order valence-electron chi connectivity index (χ4n) is 1.44. The number of hydrogen-bond donors (Lipinski definition) is 0. The molecule has 0 bridgehead atoms. The van der Waals surface area contributed by atoms with Gasteiger partial charge in [-0.1, -0.05) is 12.2 Å². The van der Waals surface area contributed by atoms with Crippen molar-refractivity contribution in [1.82, 2.24) is 0 Å². The lowest BCUT2D eigenvalue weighted by molar-refractivity contribution is 0.0947. The van der Waals surface area contributed by atoms with E-state index in [2.05, 4.69) is 0 Å². The van der Waals surface area contributed by atoms with Gasteiger partial charge < -0.3 is 13.8 Å². The van der Waals surface area contributed by atoms with E-state index in [-0.39, 0.29) is 17.8 Å². The van der Waals surface area contributed by atoms with Gasteiger partial charge in [-0.15, -0.1) is 11.6 Å². The standard InChI is InChI=1S/C10H18ClO4P/c1-3-14-16(12,15-4-2)8-13-10-6-5-9(11)7-10/h5-6,9-10H,3-4,7-8H2,1-2H3/t9-,10+/m0/s1. The third-order valence-electron chi connectivity index (χ3n) is 2.09. The van der Waals surface area contributed by atoms with E-state index in [1.54, 1.807) is 13.8 Å². The molecule has 0 fully saturated rings. The van der Waals surface area contributed by atoms with E-state index in [1.807, 2.05) is 12.2 Å². The van der Waals surface area contributed by atoms with Crippen LogP contribution >= 0.6 is 19.2 Å². The maximum atomic E-state index is 12.0. The molecule has 2 atom stereocenters. The van der Waals surface area contributed by atoms with Gasteiger partial charge in [-0.25, -0.2) is 0 Å². The van der Waals surface area contributed by atoms with Gasteiger partial charge in [0.1, 0.15) is 6.35 Å². The second-order valence-corrected chi connectivity index (χ2v) is 5.97. The number of allylic oxidation sites excluding steroid dienone is 1. The first kappa shape index (κ1) is 14.2. The Labute approximate surface area is 101 Å². The first-order valence-electron chi connectivity index (χ1n) is 5.41. The predicted octanol–water partition coefficient (Wildman–Crippen LogP) is 3.16. The summed E-state index contributed by atoms with van der Waals surface area (Å²) in [6.45, 7) is 4.24. The first-order valence-corrected chi connectivity index (χ1v) is 7.58. The maximum Gasteiger partial charge on any atom is 0.356 e. The summed E-state index contributed by atoms with van der Waals surface area (Å²) in [4.78, 5) is 0. The molecule has 1 aliphatic rings. The van der Waals surface area contributed by atoms with Gasteiger partial charge in [-0.3, -0.25) is 4.57 Å². The lowest BCUT2D eigenvalue weighted by atomic mass is 10.3. The van der Waals surface area contributed by atoms with Crippen LogP contribution in [0.15, 0.2) is 12.2 Å². The Morgan fingerprint density at radius 1 is 1.31 bits per heavy atom. The molecule has 0 amide bonds. The van der Waals surface area contributed by atoms with Gasteiger partial charge in [-0.05, 0) is 20.3 Å². The molecular formula is C10H18ClO4P. The van der Waals surface area contributed by atoms with Crippen LogP contribution in [0.1, 0.15) is 20.3 Å². The minimum absolute atomic E-state index is 0.00331. The number of hydrogen-bond acceptors (Lipinski definition) is 4. The van der Waals surface area contributed by atoms with Crippen LogP contribution in [0.5, 0.6) is 0 Å². The van der Waals surface area contributed by atoms with Gasteiger partial charge in [0.15, 0.2) is 0 Å². The minimum atomic E-state index is -3.09. The Balaban J connectivity index is 2.38. The number of ether oxygens (including phenoxy) is 1. The molecule has 4 nitrogen and oxygen atoms in total. The SMILES string of the molecule is CCOP(=O)(CO[C@@H]1C=C[C@H](Cl)C1)OCC. The van der Waals surface area contributed by atoms with Crippen molar-refractivity contribution >= 4 is 19.2 Å². The van der Waals surface area contributed by atoms with Crippen molar-refractivity contribution < 1.29 is 18.3 Å². The number of alkyl halides is 1. The fourth-order valence-corrected chi connectivity index (χ4v) is 3.08. The zero-order chi connectivity index (χ0) is 12.0. The fraction of sp³-hybridized carbons (Fsp3) is 0.800. The highest BCUT2D eigenvalue weighted by atomic mass is 35.5. The van der Waals surface area contributed by atoms with E-state index in [9.17, 15) is 4.57 Å². The molecular weight excluding hydrogens is 251 g/mol. The van der Waals surface area contributed by atoms with Crippen molar-refractivity contribution in [3.63, 3.8) is 0 Å². The van der Waals surface area contributed by atoms with E-state index in [0.717, 1.165) is 0 Å². The molecule has 0 N–H and O–H groups in total. The Hall–Kier alpha value is 0.140. The molecule has 1 rings (SSSR count). The lowest BCUT2D eigenvalue weighted by Gasteiger charge is -2.19. The van der Waals surface area contributed by atoms with E-state index < -0.39 is 7.60 Å². The summed E-state index contributed by atoms with van der Waals surface area (Å²) in [6.07, 6.45) is 4.35. The highest BCUT2D eigenvalue weighted by Crippen LogP contribution is 2.48. The summed E-state index contributed by atoms with van der Waals surface area (Å²) in [5.41, 5.74) is 0. The van der Waals surface area contributed by atoms with Crippen molar-refractivity contribution in [3.8, 4) is 0 Å². The van der Waals surface area contributed by atoms with E-state index in [0.29, 0.717) is 19.6 Å². The van der Waals surface area contributed by atoms with Gasteiger partial charge in [0.2, 0.25) is 0 Å². The summed E-state index contributed by atoms with van der Waals surface area (Å²) >= 11 is 5.88. The smallest absolute Gasteiger partial charge is 0.356 e. The van der Waals surface area contributed by atoms with E-state index in [1.165, 1.54) is 0 Å². The molecule has 0 saturated heterocycles. The lowest BCUT2D eigenvalue weighted by Crippen LogP contribution is -2.12. The molecule has 16 heavy (non-hydrogen) atoms. The van der Waals surface area contributed by atoms with Crippen molar-refractivity contribution in [2.45, 2.75) is 31.7 Å². The van der Waals surface area contributed by atoms with Crippen molar-refractivity contribution in [2.75, 3.05) is 19.6 Å². The van der Waals surface area contributed by atoms with Crippen LogP contribution < -0.4 is 0 Å². The van der Waals surface area contributed by atoms with E-state index >= 15 is 0 Å². The molecule has 0 spiro atoms. The molecule has 0 unspecified atom stereocenters. The average molecular weight is 269 g/mol. The van der Waals surface area contributed by atoms with Gasteiger partial charge in [0.25, 0.3) is 0 Å². The van der Waals surface area contributed by atoms with Crippen LogP contribution in [0.3, 0.4) is 0 Å². The summed E-state index contributed by atoms with van der Waals surface area (Å²) in [5, 5.41) is 0.00331. The molecule has 0 aliphatic heterocycles. The van der Waals surface area contributed by atoms with Gasteiger partial charge in [0.05, 0.1) is 24.7 Å². The zero-order valence-corrected chi connectivity index (χ0v) is 11.2.